The first-order valence-electron chi connectivity index (χ1n) is 5.64. The number of carbonyl (C=O) groups is 1. The van der Waals surface area contributed by atoms with Crippen LogP contribution in [0.15, 0.2) is 30.3 Å². The smallest absolute Gasteiger partial charge is 0.223 e. The Kier molecular flexibility index (Phi) is 2.97. The molecule has 2 N–H and O–H groups in total. The second-order valence-electron chi connectivity index (χ2n) is 4.62. The second kappa shape index (κ2) is 4.26. The van der Waals surface area contributed by atoms with E-state index in [2.05, 4.69) is 5.32 Å². The summed E-state index contributed by atoms with van der Waals surface area (Å²) in [6.07, 6.45) is 1.95. The monoisotopic (exact) mass is 219 g/mol. The predicted octanol–water partition coefficient (Wildman–Crippen LogP) is 1.42. The lowest BCUT2D eigenvalue weighted by Crippen LogP contribution is -2.46. The van der Waals surface area contributed by atoms with Crippen LogP contribution in [-0.2, 0) is 10.3 Å². The molecule has 1 aliphatic carbocycles. The Morgan fingerprint density at radius 2 is 2.06 bits per heavy atom. The molecule has 1 aliphatic rings. The van der Waals surface area contributed by atoms with E-state index in [9.17, 15) is 9.90 Å². The number of aliphatic hydroxyl groups is 1. The lowest BCUT2D eigenvalue weighted by atomic mass is 9.92. The van der Waals surface area contributed by atoms with E-state index < -0.39 is 5.54 Å². The molecular weight excluding hydrogens is 202 g/mol. The van der Waals surface area contributed by atoms with Crippen molar-refractivity contribution < 1.29 is 9.90 Å². The normalized spacial score (nSPS) is 18.9. The number of rotatable bonds is 4. The van der Waals surface area contributed by atoms with Crippen LogP contribution in [0, 0.1) is 5.92 Å². The molecule has 1 atom stereocenters. The fourth-order valence-electron chi connectivity index (χ4n) is 1.73. The molecule has 86 valence electrons. The summed E-state index contributed by atoms with van der Waals surface area (Å²) in [4.78, 5) is 11.7. The van der Waals surface area contributed by atoms with Crippen molar-refractivity contribution in [2.75, 3.05) is 6.61 Å². The van der Waals surface area contributed by atoms with Crippen molar-refractivity contribution in [3.8, 4) is 0 Å². The van der Waals surface area contributed by atoms with Crippen molar-refractivity contribution in [3.63, 3.8) is 0 Å². The van der Waals surface area contributed by atoms with E-state index in [4.69, 9.17) is 0 Å². The molecule has 0 heterocycles. The van der Waals surface area contributed by atoms with Crippen LogP contribution in [0.3, 0.4) is 0 Å². The van der Waals surface area contributed by atoms with Crippen molar-refractivity contribution >= 4 is 5.91 Å². The highest BCUT2D eigenvalue weighted by atomic mass is 16.3. The standard InChI is InChI=1S/C13H17NO2/c1-13(9-15,11-5-3-2-4-6-11)14-12(16)10-7-8-10/h2-6,10,15H,7-9H2,1H3,(H,14,16). The fourth-order valence-corrected chi connectivity index (χ4v) is 1.73. The van der Waals surface area contributed by atoms with Gasteiger partial charge in [-0.3, -0.25) is 4.79 Å². The maximum absolute atomic E-state index is 11.7. The van der Waals surface area contributed by atoms with Crippen LogP contribution >= 0.6 is 0 Å². The van der Waals surface area contributed by atoms with Gasteiger partial charge in [-0.15, -0.1) is 0 Å². The van der Waals surface area contributed by atoms with E-state index in [1.54, 1.807) is 0 Å². The zero-order valence-corrected chi connectivity index (χ0v) is 9.44. The van der Waals surface area contributed by atoms with Gasteiger partial charge in [0.2, 0.25) is 5.91 Å². The first-order valence-corrected chi connectivity index (χ1v) is 5.64. The van der Waals surface area contributed by atoms with Gasteiger partial charge < -0.3 is 10.4 Å². The van der Waals surface area contributed by atoms with Gasteiger partial charge in [0.05, 0.1) is 12.1 Å². The van der Waals surface area contributed by atoms with Crippen LogP contribution in [0.1, 0.15) is 25.3 Å². The summed E-state index contributed by atoms with van der Waals surface area (Å²) in [6.45, 7) is 1.76. The van der Waals surface area contributed by atoms with Crippen molar-refractivity contribution in [1.82, 2.24) is 5.32 Å². The molecule has 0 spiro atoms. The van der Waals surface area contributed by atoms with Crippen LogP contribution in [0.2, 0.25) is 0 Å². The molecule has 1 aromatic carbocycles. The molecule has 0 aromatic heterocycles. The first-order chi connectivity index (χ1) is 7.65. The lowest BCUT2D eigenvalue weighted by molar-refractivity contribution is -0.124. The zero-order valence-electron chi connectivity index (χ0n) is 9.44. The first kappa shape index (κ1) is 11.1. The van der Waals surface area contributed by atoms with Crippen LogP contribution < -0.4 is 5.32 Å². The summed E-state index contributed by atoms with van der Waals surface area (Å²) in [5.74, 6) is 0.218. The number of amides is 1. The van der Waals surface area contributed by atoms with Crippen molar-refractivity contribution in [3.05, 3.63) is 35.9 Å². The quantitative estimate of drug-likeness (QED) is 0.804. The second-order valence-corrected chi connectivity index (χ2v) is 4.62. The number of nitrogens with one attached hydrogen (secondary N) is 1. The number of benzene rings is 1. The molecule has 0 bridgehead atoms. The van der Waals surface area contributed by atoms with Gasteiger partial charge in [-0.2, -0.15) is 0 Å². The largest absolute Gasteiger partial charge is 0.394 e. The van der Waals surface area contributed by atoms with Gasteiger partial charge in [0.15, 0.2) is 0 Å². The third kappa shape index (κ3) is 2.25. The molecule has 1 unspecified atom stereocenters. The summed E-state index contributed by atoms with van der Waals surface area (Å²) < 4.78 is 0. The summed E-state index contributed by atoms with van der Waals surface area (Å²) in [5, 5.41) is 12.4. The van der Waals surface area contributed by atoms with E-state index in [0.717, 1.165) is 18.4 Å². The molecule has 3 nitrogen and oxygen atoms in total. The van der Waals surface area contributed by atoms with Crippen LogP contribution in [-0.4, -0.2) is 17.6 Å². The minimum Gasteiger partial charge on any atom is -0.394 e. The Labute approximate surface area is 95.5 Å². The van der Waals surface area contributed by atoms with Crippen molar-refractivity contribution in [2.24, 2.45) is 5.92 Å². The van der Waals surface area contributed by atoms with E-state index in [1.807, 2.05) is 37.3 Å². The average Bonchev–Trinajstić information content (AvgIpc) is 3.14. The predicted molar refractivity (Wildman–Crippen MR) is 61.7 cm³/mol. The van der Waals surface area contributed by atoms with Gasteiger partial charge >= 0.3 is 0 Å². The lowest BCUT2D eigenvalue weighted by Gasteiger charge is -2.29. The molecule has 0 saturated heterocycles. The highest BCUT2D eigenvalue weighted by molar-refractivity contribution is 5.81. The highest BCUT2D eigenvalue weighted by Crippen LogP contribution is 2.30. The van der Waals surface area contributed by atoms with Gasteiger partial charge in [0.25, 0.3) is 0 Å². The van der Waals surface area contributed by atoms with Gasteiger partial charge in [-0.25, -0.2) is 0 Å². The molecule has 0 aliphatic heterocycles. The molecule has 1 saturated carbocycles. The van der Waals surface area contributed by atoms with Crippen LogP contribution in [0.25, 0.3) is 0 Å². The van der Waals surface area contributed by atoms with E-state index in [-0.39, 0.29) is 18.4 Å². The minimum atomic E-state index is -0.666. The summed E-state index contributed by atoms with van der Waals surface area (Å²) in [6, 6.07) is 9.58. The SMILES string of the molecule is CC(CO)(NC(=O)C1CC1)c1ccccc1. The highest BCUT2D eigenvalue weighted by Gasteiger charge is 2.35. The Balaban J connectivity index is 2.15. The Morgan fingerprint density at radius 1 is 1.44 bits per heavy atom. The molecular formula is C13H17NO2. The third-order valence-electron chi connectivity index (χ3n) is 3.07. The van der Waals surface area contributed by atoms with E-state index >= 15 is 0 Å². The van der Waals surface area contributed by atoms with Crippen LogP contribution in [0.4, 0.5) is 0 Å². The van der Waals surface area contributed by atoms with Gasteiger partial charge in [0.1, 0.15) is 0 Å². The topological polar surface area (TPSA) is 49.3 Å². The zero-order chi connectivity index (χ0) is 11.6. The molecule has 1 fully saturated rings. The maximum atomic E-state index is 11.7. The molecule has 1 aromatic rings. The Hall–Kier alpha value is -1.35. The number of hydrogen-bond acceptors (Lipinski definition) is 2. The molecule has 1 amide bonds. The third-order valence-corrected chi connectivity index (χ3v) is 3.07. The summed E-state index contributed by atoms with van der Waals surface area (Å²) >= 11 is 0. The van der Waals surface area contributed by atoms with E-state index in [1.165, 1.54) is 0 Å². The summed E-state index contributed by atoms with van der Waals surface area (Å²) in [5.41, 5.74) is 0.271. The van der Waals surface area contributed by atoms with Gasteiger partial charge in [-0.1, -0.05) is 30.3 Å². The van der Waals surface area contributed by atoms with Crippen molar-refractivity contribution in [1.29, 1.82) is 0 Å². The fraction of sp³-hybridized carbons (Fsp3) is 0.462. The number of aliphatic hydroxyl groups excluding tert-OH is 1. The summed E-state index contributed by atoms with van der Waals surface area (Å²) in [7, 11) is 0. The van der Waals surface area contributed by atoms with Crippen molar-refractivity contribution in [2.45, 2.75) is 25.3 Å². The maximum Gasteiger partial charge on any atom is 0.223 e. The molecule has 16 heavy (non-hydrogen) atoms. The number of hydrogen-bond donors (Lipinski definition) is 2. The van der Waals surface area contributed by atoms with Gasteiger partial charge in [-0.05, 0) is 25.3 Å². The molecule has 2 rings (SSSR count). The minimum absolute atomic E-state index is 0.0559. The average molecular weight is 219 g/mol. The molecule has 3 heteroatoms. The van der Waals surface area contributed by atoms with Crippen LogP contribution in [0.5, 0.6) is 0 Å². The molecule has 0 radical (unpaired) electrons. The number of carbonyl (C=O) groups excluding carboxylic acids is 1. The van der Waals surface area contributed by atoms with E-state index in [0.29, 0.717) is 0 Å². The Bertz CT molecular complexity index is 373. The van der Waals surface area contributed by atoms with Gasteiger partial charge in [0, 0.05) is 5.92 Å². The Morgan fingerprint density at radius 3 is 2.56 bits per heavy atom.